The van der Waals surface area contributed by atoms with Crippen LogP contribution in [0.4, 0.5) is 0 Å². The van der Waals surface area contributed by atoms with Gasteiger partial charge in [0.1, 0.15) is 6.04 Å². The largest absolute Gasteiger partial charge is 0.480 e. The number of carbonyl (C=O) groups is 1. The summed E-state index contributed by atoms with van der Waals surface area (Å²) >= 11 is 0. The van der Waals surface area contributed by atoms with Crippen LogP contribution in [0.1, 0.15) is 17.0 Å². The van der Waals surface area contributed by atoms with Crippen LogP contribution in [0.2, 0.25) is 0 Å². The van der Waals surface area contributed by atoms with Crippen molar-refractivity contribution in [1.82, 2.24) is 14.9 Å². The standard InChI is InChI=1S/C14H15N3O2.2ClH/c18-14(19)12-6-11-13(7-15-12)17(9-16-11)8-10-4-2-1-3-5-10;;/h1-5,9,12,15H,6-8H2,(H,18,19);2*1H. The van der Waals surface area contributed by atoms with Crippen molar-refractivity contribution in [3.05, 3.63) is 53.6 Å². The predicted molar refractivity (Wildman–Crippen MR) is 84.2 cm³/mol. The van der Waals surface area contributed by atoms with Crippen LogP contribution in [-0.4, -0.2) is 26.7 Å². The Balaban J connectivity index is 0.00000110. The molecule has 1 aromatic heterocycles. The lowest BCUT2D eigenvalue weighted by atomic mass is 10.1. The third-order valence-corrected chi connectivity index (χ3v) is 3.44. The number of nitrogens with one attached hydrogen (secondary N) is 1. The zero-order chi connectivity index (χ0) is 13.2. The fraction of sp³-hybridized carbons (Fsp3) is 0.286. The Morgan fingerprint density at radius 2 is 2.05 bits per heavy atom. The minimum absolute atomic E-state index is 0. The summed E-state index contributed by atoms with van der Waals surface area (Å²) in [5.41, 5.74) is 3.19. The SMILES string of the molecule is Cl.Cl.O=C(O)C1Cc2ncn(Cc3ccccc3)c2CN1. The van der Waals surface area contributed by atoms with Gasteiger partial charge in [0, 0.05) is 19.5 Å². The molecule has 0 bridgehead atoms. The van der Waals surface area contributed by atoms with Gasteiger partial charge in [0.15, 0.2) is 0 Å². The quantitative estimate of drug-likeness (QED) is 0.902. The summed E-state index contributed by atoms with van der Waals surface area (Å²) < 4.78 is 2.08. The van der Waals surface area contributed by atoms with E-state index in [2.05, 4.69) is 27.0 Å². The Morgan fingerprint density at radius 1 is 1.33 bits per heavy atom. The van der Waals surface area contributed by atoms with Crippen LogP contribution in [0.5, 0.6) is 0 Å². The van der Waals surface area contributed by atoms with Gasteiger partial charge in [-0.1, -0.05) is 30.3 Å². The molecule has 2 aromatic rings. The highest BCUT2D eigenvalue weighted by Crippen LogP contribution is 2.17. The minimum Gasteiger partial charge on any atom is -0.480 e. The number of benzene rings is 1. The van der Waals surface area contributed by atoms with Gasteiger partial charge >= 0.3 is 5.97 Å². The molecule has 5 nitrogen and oxygen atoms in total. The first-order chi connectivity index (χ1) is 9.24. The molecule has 7 heteroatoms. The van der Waals surface area contributed by atoms with Gasteiger partial charge in [-0.05, 0) is 5.56 Å². The maximum Gasteiger partial charge on any atom is 0.321 e. The molecule has 0 amide bonds. The van der Waals surface area contributed by atoms with Crippen LogP contribution in [0.15, 0.2) is 36.7 Å². The van der Waals surface area contributed by atoms with Gasteiger partial charge in [0.25, 0.3) is 0 Å². The third-order valence-electron chi connectivity index (χ3n) is 3.44. The van der Waals surface area contributed by atoms with Gasteiger partial charge in [0.2, 0.25) is 0 Å². The predicted octanol–water partition coefficient (Wildman–Crippen LogP) is 1.87. The first kappa shape index (κ1) is 17.5. The van der Waals surface area contributed by atoms with E-state index in [1.54, 1.807) is 6.33 Å². The zero-order valence-corrected chi connectivity index (χ0v) is 12.9. The number of carboxylic acids is 1. The summed E-state index contributed by atoms with van der Waals surface area (Å²) in [4.78, 5) is 15.3. The molecule has 0 aliphatic carbocycles. The topological polar surface area (TPSA) is 67.1 Å². The van der Waals surface area contributed by atoms with E-state index in [1.807, 2.05) is 18.2 Å². The Kier molecular flexibility index (Phi) is 6.20. The molecule has 1 aliphatic heterocycles. The minimum atomic E-state index is -0.816. The molecular formula is C14H17Cl2N3O2. The van der Waals surface area contributed by atoms with Crippen molar-refractivity contribution < 1.29 is 9.90 Å². The fourth-order valence-corrected chi connectivity index (χ4v) is 2.40. The first-order valence-electron chi connectivity index (χ1n) is 6.27. The Hall–Kier alpha value is -1.56. The highest BCUT2D eigenvalue weighted by Gasteiger charge is 2.26. The molecule has 0 saturated carbocycles. The van der Waals surface area contributed by atoms with Crippen LogP contribution in [-0.2, 0) is 24.3 Å². The van der Waals surface area contributed by atoms with Crippen LogP contribution < -0.4 is 5.32 Å². The molecule has 0 fully saturated rings. The van der Waals surface area contributed by atoms with Gasteiger partial charge in [-0.2, -0.15) is 0 Å². The van der Waals surface area contributed by atoms with Crippen LogP contribution in [0, 0.1) is 0 Å². The van der Waals surface area contributed by atoms with Crippen molar-refractivity contribution in [2.75, 3.05) is 0 Å². The van der Waals surface area contributed by atoms with Gasteiger partial charge in [-0.3, -0.25) is 10.1 Å². The summed E-state index contributed by atoms with van der Waals surface area (Å²) in [5, 5.41) is 12.0. The lowest BCUT2D eigenvalue weighted by Gasteiger charge is -2.21. The van der Waals surface area contributed by atoms with Crippen molar-refractivity contribution >= 4 is 30.8 Å². The molecule has 114 valence electrons. The molecule has 1 aromatic carbocycles. The molecule has 0 saturated heterocycles. The number of rotatable bonds is 3. The van der Waals surface area contributed by atoms with E-state index in [1.165, 1.54) is 5.56 Å². The normalized spacial score (nSPS) is 16.3. The molecular weight excluding hydrogens is 313 g/mol. The Labute approximate surface area is 135 Å². The smallest absolute Gasteiger partial charge is 0.321 e. The van der Waals surface area contributed by atoms with E-state index in [-0.39, 0.29) is 24.8 Å². The first-order valence-corrected chi connectivity index (χ1v) is 6.27. The number of imidazole rings is 1. The molecule has 21 heavy (non-hydrogen) atoms. The van der Waals surface area contributed by atoms with Gasteiger partial charge in [-0.25, -0.2) is 4.98 Å². The molecule has 2 heterocycles. The van der Waals surface area contributed by atoms with Crippen molar-refractivity contribution in [2.45, 2.75) is 25.6 Å². The van der Waals surface area contributed by atoms with Crippen LogP contribution in [0.3, 0.4) is 0 Å². The molecule has 0 radical (unpaired) electrons. The molecule has 3 rings (SSSR count). The van der Waals surface area contributed by atoms with E-state index in [0.29, 0.717) is 13.0 Å². The summed E-state index contributed by atoms with van der Waals surface area (Å²) in [5.74, 6) is -0.816. The number of halogens is 2. The monoisotopic (exact) mass is 329 g/mol. The third kappa shape index (κ3) is 3.75. The molecule has 2 N–H and O–H groups in total. The molecule has 1 aliphatic rings. The molecule has 0 spiro atoms. The van der Waals surface area contributed by atoms with E-state index < -0.39 is 12.0 Å². The zero-order valence-electron chi connectivity index (χ0n) is 11.2. The van der Waals surface area contributed by atoms with Crippen LogP contribution >= 0.6 is 24.8 Å². The number of hydrogen-bond donors (Lipinski definition) is 2. The van der Waals surface area contributed by atoms with E-state index in [9.17, 15) is 4.79 Å². The van der Waals surface area contributed by atoms with Crippen molar-refractivity contribution in [3.63, 3.8) is 0 Å². The average Bonchev–Trinajstić information content (AvgIpc) is 2.82. The van der Waals surface area contributed by atoms with E-state index in [0.717, 1.165) is 17.9 Å². The maximum absolute atomic E-state index is 11.0. The summed E-state index contributed by atoms with van der Waals surface area (Å²) in [6.45, 7) is 1.32. The second-order valence-electron chi connectivity index (χ2n) is 4.73. The van der Waals surface area contributed by atoms with Gasteiger partial charge in [0.05, 0.1) is 17.7 Å². The number of nitrogens with zero attached hydrogens (tertiary/aromatic N) is 2. The molecule has 1 unspecified atom stereocenters. The lowest BCUT2D eigenvalue weighted by molar-refractivity contribution is -0.139. The number of aromatic nitrogens is 2. The van der Waals surface area contributed by atoms with Crippen LogP contribution in [0.25, 0.3) is 0 Å². The summed E-state index contributed by atoms with van der Waals surface area (Å²) in [7, 11) is 0. The maximum atomic E-state index is 11.0. The van der Waals surface area contributed by atoms with E-state index >= 15 is 0 Å². The highest BCUT2D eigenvalue weighted by molar-refractivity contribution is 5.85. The van der Waals surface area contributed by atoms with E-state index in [4.69, 9.17) is 5.11 Å². The van der Waals surface area contributed by atoms with Crippen molar-refractivity contribution in [2.24, 2.45) is 0 Å². The number of hydrogen-bond acceptors (Lipinski definition) is 3. The van der Waals surface area contributed by atoms with Gasteiger partial charge < -0.3 is 9.67 Å². The van der Waals surface area contributed by atoms with Crippen molar-refractivity contribution in [3.8, 4) is 0 Å². The molecule has 1 atom stereocenters. The summed E-state index contributed by atoms with van der Waals surface area (Å²) in [6, 6.07) is 9.64. The second-order valence-corrected chi connectivity index (χ2v) is 4.73. The number of carboxylic acid groups (broad SMARTS) is 1. The second kappa shape index (κ2) is 7.45. The lowest BCUT2D eigenvalue weighted by Crippen LogP contribution is -2.42. The number of fused-ring (bicyclic) bond motifs is 1. The Bertz CT molecular complexity index is 602. The summed E-state index contributed by atoms with van der Waals surface area (Å²) in [6.07, 6.45) is 2.25. The Morgan fingerprint density at radius 3 is 2.71 bits per heavy atom. The number of aliphatic carboxylic acids is 1. The van der Waals surface area contributed by atoms with Gasteiger partial charge in [-0.15, -0.1) is 24.8 Å². The van der Waals surface area contributed by atoms with Crippen molar-refractivity contribution in [1.29, 1.82) is 0 Å². The average molecular weight is 330 g/mol. The fourth-order valence-electron chi connectivity index (χ4n) is 2.40. The highest BCUT2D eigenvalue weighted by atomic mass is 35.5.